The molecular weight excluding hydrogens is 241 g/mol. The van der Waals surface area contributed by atoms with E-state index in [0.717, 1.165) is 4.64 Å². The van der Waals surface area contributed by atoms with Gasteiger partial charge in [0.15, 0.2) is 0 Å². The molecule has 0 saturated heterocycles. The molecule has 7 heteroatoms. The van der Waals surface area contributed by atoms with Gasteiger partial charge in [-0.3, -0.25) is 0 Å². The number of nitrogens with two attached hydrogens (primary N) is 1. The Morgan fingerprint density at radius 1 is 1.56 bits per heavy atom. The van der Waals surface area contributed by atoms with Crippen molar-refractivity contribution in [3.05, 3.63) is 0 Å². The third kappa shape index (κ3) is 125. The molecule has 0 spiro atoms. The third-order valence-electron chi connectivity index (χ3n) is 0.123. The second kappa shape index (κ2) is 6.92. The van der Waals surface area contributed by atoms with Crippen molar-refractivity contribution in [1.29, 1.82) is 0 Å². The van der Waals surface area contributed by atoms with Crippen molar-refractivity contribution in [3.63, 3.8) is 0 Å². The molecule has 0 aliphatic rings. The Balaban J connectivity index is 0. The third-order valence-corrected chi connectivity index (χ3v) is 0.728. The van der Waals surface area contributed by atoms with E-state index >= 15 is 0 Å². The first-order valence-electron chi connectivity index (χ1n) is 1.88. The fraction of sp³-hybridized carbons (Fsp3) is 1.00. The Bertz CT molecular complexity index is 82.3. The molecule has 63 valence electrons. The Morgan fingerprint density at radius 3 is 1.67 bits per heavy atom. The quantitative estimate of drug-likeness (QED) is 0.370. The maximum absolute atomic E-state index is 8.88. The van der Waals surface area contributed by atoms with Gasteiger partial charge in [-0.1, -0.05) is 0 Å². The monoisotopic (exact) mass is 250 g/mol. The molecule has 9 heavy (non-hydrogen) atoms. The van der Waals surface area contributed by atoms with Crippen molar-refractivity contribution >= 4 is 7.82 Å². The molecule has 0 heterocycles. The summed E-state index contributed by atoms with van der Waals surface area (Å²) in [6, 6.07) is 0. The maximum atomic E-state index is 8.88. The van der Waals surface area contributed by atoms with Crippen molar-refractivity contribution in [2.75, 3.05) is 0 Å². The molecule has 0 aromatic heterocycles. The van der Waals surface area contributed by atoms with E-state index in [4.69, 9.17) is 23.4 Å². The van der Waals surface area contributed by atoms with E-state index in [2.05, 4.69) is 6.92 Å². The van der Waals surface area contributed by atoms with Crippen LogP contribution in [0.1, 0.15) is 6.92 Å². The SMILES string of the molecule is C[CH2][Ag][NH2].O=P(O)(O)O. The summed E-state index contributed by atoms with van der Waals surface area (Å²) >= 11 is 0.626. The summed E-state index contributed by atoms with van der Waals surface area (Å²) in [5, 5.41) is 0. The predicted molar refractivity (Wildman–Crippen MR) is 28.9 cm³/mol. The van der Waals surface area contributed by atoms with Crippen LogP contribution in [-0.4, -0.2) is 14.7 Å². The van der Waals surface area contributed by atoms with E-state index in [0.29, 0.717) is 20.0 Å². The van der Waals surface area contributed by atoms with Gasteiger partial charge in [-0.25, -0.2) is 4.57 Å². The molecule has 5 N–H and O–H groups in total. The van der Waals surface area contributed by atoms with Gasteiger partial charge in [0.05, 0.1) is 0 Å². The van der Waals surface area contributed by atoms with Crippen molar-refractivity contribution in [1.82, 2.24) is 0 Å². The molecule has 0 atom stereocenters. The molecule has 0 radical (unpaired) electrons. The largest absolute Gasteiger partial charge is 0.466 e. The molecule has 0 aliphatic heterocycles. The van der Waals surface area contributed by atoms with Gasteiger partial charge in [0.2, 0.25) is 0 Å². The van der Waals surface area contributed by atoms with E-state index in [1.54, 1.807) is 0 Å². The molecule has 5 nitrogen and oxygen atoms in total. The standard InChI is InChI=1S/C2H5.Ag.H2N.H3O4P/c1-2;;;1-5(2,3)4/h1H2,2H3;;1H2;(H3,1,2,3,4)/q;+1;-1;. The van der Waals surface area contributed by atoms with Gasteiger partial charge in [0, 0.05) is 0 Å². The fourth-order valence-corrected chi connectivity index (χ4v) is 0. The Hall–Kier alpha value is 0.810. The van der Waals surface area contributed by atoms with Gasteiger partial charge < -0.3 is 14.7 Å². The zero-order chi connectivity index (χ0) is 7.91. The van der Waals surface area contributed by atoms with Crippen LogP contribution in [0.3, 0.4) is 0 Å². The topological polar surface area (TPSA) is 104 Å². The predicted octanol–water partition coefficient (Wildman–Crippen LogP) is -0.548. The summed E-state index contributed by atoms with van der Waals surface area (Å²) in [6.07, 6.45) is 0. The van der Waals surface area contributed by atoms with E-state index < -0.39 is 7.82 Å². The van der Waals surface area contributed by atoms with Crippen LogP contribution in [0.15, 0.2) is 0 Å². The normalized spacial score (nSPS) is 10.3. The Morgan fingerprint density at radius 2 is 1.67 bits per heavy atom. The summed E-state index contributed by atoms with van der Waals surface area (Å²) in [4.78, 5) is 21.6. The first-order chi connectivity index (χ1) is 3.91. The zero-order valence-electron chi connectivity index (χ0n) is 4.78. The molecular formula is C2H10AgNO4P. The summed E-state index contributed by atoms with van der Waals surface area (Å²) in [5.41, 5.74) is 0. The molecule has 0 unspecified atom stereocenters. The van der Waals surface area contributed by atoms with Crippen molar-refractivity contribution in [2.24, 2.45) is 4.14 Å². The minimum atomic E-state index is -4.64. The van der Waals surface area contributed by atoms with Crippen LogP contribution in [0.2, 0.25) is 4.64 Å². The maximum Gasteiger partial charge on any atom is 0.466 e. The Kier molecular flexibility index (Phi) is 9.60. The minimum Gasteiger partial charge on any atom is -0.303 e. The first kappa shape index (κ1) is 12.5. The van der Waals surface area contributed by atoms with Crippen molar-refractivity contribution in [3.8, 4) is 0 Å². The average molecular weight is 251 g/mol. The van der Waals surface area contributed by atoms with Gasteiger partial charge in [-0.05, 0) is 0 Å². The van der Waals surface area contributed by atoms with Gasteiger partial charge >= 0.3 is 43.5 Å². The number of rotatable bonds is 1. The summed E-state index contributed by atoms with van der Waals surface area (Å²) < 4.78 is 15.1. The Labute approximate surface area is 63.1 Å². The van der Waals surface area contributed by atoms with E-state index in [1.165, 1.54) is 0 Å². The van der Waals surface area contributed by atoms with Gasteiger partial charge in [0.1, 0.15) is 0 Å². The van der Waals surface area contributed by atoms with Gasteiger partial charge in [0.25, 0.3) is 0 Å². The minimum absolute atomic E-state index is 0.626. The van der Waals surface area contributed by atoms with Gasteiger partial charge in [-0.15, -0.1) is 0 Å². The molecule has 0 saturated carbocycles. The smallest absolute Gasteiger partial charge is 0.303 e. The van der Waals surface area contributed by atoms with Crippen molar-refractivity contribution in [2.45, 2.75) is 11.6 Å². The first-order valence-corrected chi connectivity index (χ1v) is 5.35. The summed E-state index contributed by atoms with van der Waals surface area (Å²) in [7, 11) is -4.64. The molecule has 0 aromatic rings. The van der Waals surface area contributed by atoms with E-state index in [9.17, 15) is 0 Å². The average Bonchev–Trinajstić information content (AvgIpc) is 1.61. The van der Waals surface area contributed by atoms with Crippen LogP contribution in [0.5, 0.6) is 0 Å². The summed E-state index contributed by atoms with van der Waals surface area (Å²) in [6.45, 7) is 2.07. The van der Waals surface area contributed by atoms with Gasteiger partial charge in [-0.2, -0.15) is 0 Å². The molecule has 0 amide bonds. The fourth-order valence-electron chi connectivity index (χ4n) is 0. The van der Waals surface area contributed by atoms with E-state index in [-0.39, 0.29) is 0 Å². The van der Waals surface area contributed by atoms with Crippen LogP contribution >= 0.6 is 7.82 Å². The molecule has 0 bridgehead atoms. The summed E-state index contributed by atoms with van der Waals surface area (Å²) in [5.74, 6) is 0. The van der Waals surface area contributed by atoms with Crippen molar-refractivity contribution < 1.29 is 39.3 Å². The van der Waals surface area contributed by atoms with Crippen LogP contribution < -0.4 is 4.14 Å². The molecule has 0 rings (SSSR count). The van der Waals surface area contributed by atoms with Crippen LogP contribution in [0.4, 0.5) is 0 Å². The second-order valence-electron chi connectivity index (χ2n) is 0.850. The van der Waals surface area contributed by atoms with Crippen LogP contribution in [0.25, 0.3) is 0 Å². The van der Waals surface area contributed by atoms with E-state index in [1.807, 2.05) is 0 Å². The zero-order valence-corrected chi connectivity index (χ0v) is 7.16. The molecule has 0 aromatic carbocycles. The number of hydrogen-bond acceptors (Lipinski definition) is 2. The molecule has 0 aliphatic carbocycles. The number of hydrogen-bond donors (Lipinski definition) is 4. The number of phosphoric acid groups is 1. The second-order valence-corrected chi connectivity index (χ2v) is 3.53. The van der Waals surface area contributed by atoms with Crippen LogP contribution in [-0.2, 0) is 24.6 Å². The molecule has 0 fully saturated rings. The van der Waals surface area contributed by atoms with Crippen LogP contribution in [0, 0.1) is 0 Å².